The summed E-state index contributed by atoms with van der Waals surface area (Å²) < 4.78 is 0. The molecule has 1 aliphatic rings. The maximum Gasteiger partial charge on any atom is 0.0459 e. The van der Waals surface area contributed by atoms with E-state index in [-0.39, 0.29) is 0 Å². The Labute approximate surface area is 125 Å². The van der Waals surface area contributed by atoms with Crippen molar-refractivity contribution in [2.45, 2.75) is 26.4 Å². The van der Waals surface area contributed by atoms with Crippen LogP contribution in [-0.2, 0) is 19.5 Å². The molecule has 4 rings (SSSR count). The van der Waals surface area contributed by atoms with E-state index in [1.807, 2.05) is 0 Å². The lowest BCUT2D eigenvalue weighted by molar-refractivity contribution is 0.245. The van der Waals surface area contributed by atoms with Crippen LogP contribution < -0.4 is 0 Å². The summed E-state index contributed by atoms with van der Waals surface area (Å²) in [5.74, 6) is 0. The average molecular weight is 276 g/mol. The van der Waals surface area contributed by atoms with Crippen molar-refractivity contribution in [3.05, 3.63) is 70.9 Å². The third-order valence-corrected chi connectivity index (χ3v) is 4.46. The van der Waals surface area contributed by atoms with E-state index in [1.165, 1.54) is 33.3 Å². The quantitative estimate of drug-likeness (QED) is 0.748. The molecule has 0 saturated carbocycles. The molecule has 2 nitrogen and oxygen atoms in total. The van der Waals surface area contributed by atoms with E-state index in [0.29, 0.717) is 0 Å². The topological polar surface area (TPSA) is 19.0 Å². The first kappa shape index (κ1) is 12.7. The summed E-state index contributed by atoms with van der Waals surface area (Å²) in [6, 6.07) is 17.5. The van der Waals surface area contributed by atoms with E-state index in [1.54, 1.807) is 0 Å². The number of hydrogen-bond acceptors (Lipinski definition) is 1. The Morgan fingerprint density at radius 2 is 1.95 bits per heavy atom. The van der Waals surface area contributed by atoms with Gasteiger partial charge in [-0.2, -0.15) is 0 Å². The summed E-state index contributed by atoms with van der Waals surface area (Å²) in [4.78, 5) is 6.15. The van der Waals surface area contributed by atoms with E-state index >= 15 is 0 Å². The number of fused-ring (bicyclic) bond motifs is 3. The van der Waals surface area contributed by atoms with Crippen LogP contribution in [0.5, 0.6) is 0 Å². The number of nitrogens with zero attached hydrogens (tertiary/aromatic N) is 1. The Morgan fingerprint density at radius 3 is 2.81 bits per heavy atom. The van der Waals surface area contributed by atoms with Crippen LogP contribution in [0.25, 0.3) is 10.9 Å². The first-order valence-electron chi connectivity index (χ1n) is 7.66. The minimum Gasteiger partial charge on any atom is -0.358 e. The number of aryl methyl sites for hydroxylation is 1. The second-order valence-corrected chi connectivity index (χ2v) is 6.08. The molecular weight excluding hydrogens is 256 g/mol. The van der Waals surface area contributed by atoms with Gasteiger partial charge >= 0.3 is 0 Å². The minimum absolute atomic E-state index is 1.04. The SMILES string of the molecule is Cc1ccc2[nH]c3c(c2c1)CN(Cc1ccccc1)CC3. The lowest BCUT2D eigenvalue weighted by Gasteiger charge is -2.27. The molecule has 2 heterocycles. The van der Waals surface area contributed by atoms with Gasteiger partial charge in [0.25, 0.3) is 0 Å². The molecule has 2 aromatic carbocycles. The van der Waals surface area contributed by atoms with Crippen LogP contribution in [0, 0.1) is 6.92 Å². The van der Waals surface area contributed by atoms with Gasteiger partial charge in [0.1, 0.15) is 0 Å². The maximum atomic E-state index is 3.60. The Kier molecular flexibility index (Phi) is 3.04. The van der Waals surface area contributed by atoms with Gasteiger partial charge < -0.3 is 4.98 Å². The lowest BCUT2D eigenvalue weighted by Crippen LogP contribution is -2.29. The summed E-state index contributed by atoms with van der Waals surface area (Å²) >= 11 is 0. The number of H-pyrrole nitrogens is 1. The van der Waals surface area contributed by atoms with Crippen molar-refractivity contribution in [1.82, 2.24) is 9.88 Å². The van der Waals surface area contributed by atoms with Gasteiger partial charge in [0.05, 0.1) is 0 Å². The van der Waals surface area contributed by atoms with Crippen LogP contribution in [0.4, 0.5) is 0 Å². The highest BCUT2D eigenvalue weighted by Gasteiger charge is 2.20. The normalized spacial score (nSPS) is 15.3. The number of benzene rings is 2. The molecule has 0 bridgehead atoms. The average Bonchev–Trinajstić information content (AvgIpc) is 2.86. The van der Waals surface area contributed by atoms with Gasteiger partial charge in [0, 0.05) is 42.7 Å². The predicted molar refractivity (Wildman–Crippen MR) is 87.3 cm³/mol. The summed E-state index contributed by atoms with van der Waals surface area (Å²) in [7, 11) is 0. The van der Waals surface area contributed by atoms with Gasteiger partial charge in [-0.3, -0.25) is 4.90 Å². The van der Waals surface area contributed by atoms with Gasteiger partial charge in [-0.25, -0.2) is 0 Å². The van der Waals surface area contributed by atoms with E-state index in [2.05, 4.69) is 65.3 Å². The standard InChI is InChI=1S/C19H20N2/c1-14-7-8-18-16(11-14)17-13-21(10-9-19(17)20-18)12-15-5-3-2-4-6-15/h2-8,11,20H,9-10,12-13H2,1H3. The van der Waals surface area contributed by atoms with Gasteiger partial charge in [-0.05, 0) is 30.2 Å². The largest absolute Gasteiger partial charge is 0.358 e. The van der Waals surface area contributed by atoms with Crippen LogP contribution in [0.1, 0.15) is 22.4 Å². The highest BCUT2D eigenvalue weighted by atomic mass is 15.1. The first-order valence-corrected chi connectivity index (χ1v) is 7.66. The zero-order chi connectivity index (χ0) is 14.2. The Hall–Kier alpha value is -2.06. The zero-order valence-corrected chi connectivity index (χ0v) is 12.4. The molecule has 0 fully saturated rings. The van der Waals surface area contributed by atoms with Gasteiger partial charge in [0.2, 0.25) is 0 Å². The molecule has 0 saturated heterocycles. The fraction of sp³-hybridized carbons (Fsp3) is 0.263. The molecule has 2 heteroatoms. The molecule has 0 amide bonds. The van der Waals surface area contributed by atoms with Crippen molar-refractivity contribution >= 4 is 10.9 Å². The fourth-order valence-electron chi connectivity index (χ4n) is 3.36. The smallest absolute Gasteiger partial charge is 0.0459 e. The second-order valence-electron chi connectivity index (χ2n) is 6.08. The van der Waals surface area contributed by atoms with E-state index < -0.39 is 0 Å². The number of aromatic nitrogens is 1. The summed E-state index contributed by atoms with van der Waals surface area (Å²) in [6.45, 7) is 5.39. The maximum absolute atomic E-state index is 3.60. The minimum atomic E-state index is 1.04. The van der Waals surface area contributed by atoms with Crippen LogP contribution >= 0.6 is 0 Å². The summed E-state index contributed by atoms with van der Waals surface area (Å²) in [5.41, 5.74) is 6.95. The van der Waals surface area contributed by atoms with Crippen molar-refractivity contribution in [1.29, 1.82) is 0 Å². The molecule has 0 radical (unpaired) electrons. The third-order valence-electron chi connectivity index (χ3n) is 4.46. The van der Waals surface area contributed by atoms with Crippen molar-refractivity contribution in [2.24, 2.45) is 0 Å². The number of rotatable bonds is 2. The van der Waals surface area contributed by atoms with Gasteiger partial charge in [-0.15, -0.1) is 0 Å². The van der Waals surface area contributed by atoms with Crippen LogP contribution in [0.2, 0.25) is 0 Å². The first-order chi connectivity index (χ1) is 10.3. The number of nitrogens with one attached hydrogen (secondary N) is 1. The molecule has 0 unspecified atom stereocenters. The second kappa shape index (κ2) is 5.05. The molecule has 0 spiro atoms. The fourth-order valence-corrected chi connectivity index (χ4v) is 3.36. The molecule has 0 atom stereocenters. The monoisotopic (exact) mass is 276 g/mol. The molecule has 1 N–H and O–H groups in total. The van der Waals surface area contributed by atoms with Gasteiger partial charge in [0.15, 0.2) is 0 Å². The van der Waals surface area contributed by atoms with Crippen molar-refractivity contribution < 1.29 is 0 Å². The van der Waals surface area contributed by atoms with Crippen LogP contribution in [0.3, 0.4) is 0 Å². The van der Waals surface area contributed by atoms with Crippen molar-refractivity contribution in [2.75, 3.05) is 6.54 Å². The Bertz CT molecular complexity index is 771. The summed E-state index contributed by atoms with van der Waals surface area (Å²) in [5, 5.41) is 1.41. The third kappa shape index (κ3) is 2.36. The Balaban J connectivity index is 1.64. The van der Waals surface area contributed by atoms with Crippen molar-refractivity contribution in [3.63, 3.8) is 0 Å². The van der Waals surface area contributed by atoms with E-state index in [9.17, 15) is 0 Å². The molecule has 106 valence electrons. The highest BCUT2D eigenvalue weighted by Crippen LogP contribution is 2.29. The van der Waals surface area contributed by atoms with E-state index in [4.69, 9.17) is 0 Å². The molecule has 0 aliphatic carbocycles. The summed E-state index contributed by atoms with van der Waals surface area (Å²) in [6.07, 6.45) is 1.12. The lowest BCUT2D eigenvalue weighted by atomic mass is 10.0. The number of hydrogen-bond donors (Lipinski definition) is 1. The highest BCUT2D eigenvalue weighted by molar-refractivity contribution is 5.85. The molecule has 1 aliphatic heterocycles. The molecule has 1 aromatic heterocycles. The van der Waals surface area contributed by atoms with Crippen LogP contribution in [0.15, 0.2) is 48.5 Å². The van der Waals surface area contributed by atoms with Crippen molar-refractivity contribution in [3.8, 4) is 0 Å². The zero-order valence-electron chi connectivity index (χ0n) is 12.4. The molecule has 3 aromatic rings. The van der Waals surface area contributed by atoms with E-state index in [0.717, 1.165) is 26.1 Å². The van der Waals surface area contributed by atoms with Crippen LogP contribution in [-0.4, -0.2) is 16.4 Å². The molecular formula is C19H20N2. The number of aromatic amines is 1. The predicted octanol–water partition coefficient (Wildman–Crippen LogP) is 4.03. The molecule has 21 heavy (non-hydrogen) atoms. The Morgan fingerprint density at radius 1 is 1.10 bits per heavy atom. The van der Waals surface area contributed by atoms with Gasteiger partial charge in [-0.1, -0.05) is 42.0 Å².